The molecule has 2 rings (SSSR count). The molecule has 0 atom stereocenters. The van der Waals surface area contributed by atoms with Crippen LogP contribution in [0.25, 0.3) is 11.1 Å². The lowest BCUT2D eigenvalue weighted by Gasteiger charge is -2.24. The minimum absolute atomic E-state index is 0.154. The minimum atomic E-state index is -1.02. The van der Waals surface area contributed by atoms with Gasteiger partial charge in [-0.3, -0.25) is 4.79 Å². The van der Waals surface area contributed by atoms with E-state index in [2.05, 4.69) is 0 Å². The first kappa shape index (κ1) is 20.6. The van der Waals surface area contributed by atoms with Crippen molar-refractivity contribution in [2.24, 2.45) is 0 Å². The number of carbonyl (C=O) groups is 2. The van der Waals surface area contributed by atoms with Crippen LogP contribution >= 0.6 is 0 Å². The maximum Gasteiger partial charge on any atom is 0.336 e. The number of benzene rings is 2. The number of hydrogen-bond donors (Lipinski definition) is 1. The number of ether oxygens (including phenoxy) is 2. The van der Waals surface area contributed by atoms with Crippen molar-refractivity contribution in [3.8, 4) is 11.1 Å². The van der Waals surface area contributed by atoms with Gasteiger partial charge < -0.3 is 19.5 Å². The summed E-state index contributed by atoms with van der Waals surface area (Å²) >= 11 is 0. The number of aromatic carboxylic acids is 1. The number of carboxylic acids is 1. The Labute approximate surface area is 159 Å². The van der Waals surface area contributed by atoms with Crippen LogP contribution in [0, 0.1) is 0 Å². The summed E-state index contributed by atoms with van der Waals surface area (Å²) in [6.45, 7) is 1.96. The van der Waals surface area contributed by atoms with Crippen molar-refractivity contribution in [2.75, 3.05) is 40.5 Å². The molecule has 1 amide bonds. The first-order valence-electron chi connectivity index (χ1n) is 8.79. The highest BCUT2D eigenvalue weighted by Crippen LogP contribution is 2.28. The summed E-state index contributed by atoms with van der Waals surface area (Å²) in [6.07, 6.45) is 0.708. The molecule has 2 aromatic carbocycles. The van der Waals surface area contributed by atoms with Crippen LogP contribution in [0.3, 0.4) is 0 Å². The Morgan fingerprint density at radius 2 is 1.41 bits per heavy atom. The largest absolute Gasteiger partial charge is 0.478 e. The summed E-state index contributed by atoms with van der Waals surface area (Å²) in [5.41, 5.74) is 1.77. The van der Waals surface area contributed by atoms with Crippen LogP contribution in [0.1, 0.15) is 27.1 Å². The van der Waals surface area contributed by atoms with E-state index in [1.807, 2.05) is 0 Å². The van der Waals surface area contributed by atoms with Crippen molar-refractivity contribution in [3.05, 3.63) is 59.7 Å². The van der Waals surface area contributed by atoms with E-state index < -0.39 is 5.97 Å². The fourth-order valence-electron chi connectivity index (χ4n) is 2.90. The van der Waals surface area contributed by atoms with Gasteiger partial charge in [0, 0.05) is 39.5 Å². The molecule has 0 spiro atoms. The van der Waals surface area contributed by atoms with Gasteiger partial charge in [-0.1, -0.05) is 36.4 Å². The molecule has 0 radical (unpaired) electrons. The molecule has 6 nitrogen and oxygen atoms in total. The van der Waals surface area contributed by atoms with E-state index in [1.165, 1.54) is 0 Å². The van der Waals surface area contributed by atoms with Gasteiger partial charge >= 0.3 is 5.97 Å². The third-order valence-corrected chi connectivity index (χ3v) is 4.23. The second-order valence-electron chi connectivity index (χ2n) is 6.03. The number of carboxylic acid groups (broad SMARTS) is 1. The Balaban J connectivity index is 2.40. The lowest BCUT2D eigenvalue weighted by Crippen LogP contribution is -2.35. The first-order valence-corrected chi connectivity index (χ1v) is 8.79. The van der Waals surface area contributed by atoms with Gasteiger partial charge in [0.2, 0.25) is 0 Å². The summed E-state index contributed by atoms with van der Waals surface area (Å²) in [6, 6.07) is 13.8. The molecule has 0 bridgehead atoms. The van der Waals surface area contributed by atoms with Gasteiger partial charge in [0.1, 0.15) is 0 Å². The molecule has 0 aliphatic carbocycles. The smallest absolute Gasteiger partial charge is 0.336 e. The summed E-state index contributed by atoms with van der Waals surface area (Å²) in [7, 11) is 3.22. The lowest BCUT2D eigenvalue weighted by molar-refractivity contribution is 0.0670. The zero-order chi connectivity index (χ0) is 19.6. The Kier molecular flexibility index (Phi) is 7.98. The van der Waals surface area contributed by atoms with E-state index >= 15 is 0 Å². The van der Waals surface area contributed by atoms with E-state index in [9.17, 15) is 14.7 Å². The second kappa shape index (κ2) is 10.4. The quantitative estimate of drug-likeness (QED) is 0.649. The molecule has 0 fully saturated rings. The third kappa shape index (κ3) is 5.39. The zero-order valence-electron chi connectivity index (χ0n) is 15.7. The molecule has 144 valence electrons. The summed E-state index contributed by atoms with van der Waals surface area (Å²) in [5, 5.41) is 9.50. The number of hydrogen-bond acceptors (Lipinski definition) is 4. The number of nitrogens with zero attached hydrogens (tertiary/aromatic N) is 1. The molecule has 0 aliphatic rings. The van der Waals surface area contributed by atoms with E-state index in [0.29, 0.717) is 49.4 Å². The van der Waals surface area contributed by atoms with E-state index in [0.717, 1.165) is 0 Å². The molecule has 0 aromatic heterocycles. The average Bonchev–Trinajstić information content (AvgIpc) is 2.70. The monoisotopic (exact) mass is 371 g/mol. The standard InChI is InChI=1S/C21H25NO5/c1-26-14-7-12-22(13-15-27-2)20(23)18-10-5-3-8-16(18)17-9-4-6-11-19(17)21(24)25/h3-6,8-11H,7,12-15H2,1-2H3,(H,24,25). The minimum Gasteiger partial charge on any atom is -0.478 e. The lowest BCUT2D eigenvalue weighted by atomic mass is 9.94. The first-order chi connectivity index (χ1) is 13.1. The van der Waals surface area contributed by atoms with Crippen molar-refractivity contribution in [1.29, 1.82) is 0 Å². The van der Waals surface area contributed by atoms with Crippen LogP contribution in [-0.2, 0) is 9.47 Å². The molecule has 2 aromatic rings. The molecule has 0 unspecified atom stereocenters. The summed E-state index contributed by atoms with van der Waals surface area (Å²) in [4.78, 5) is 26.5. The SMILES string of the molecule is COCCCN(CCOC)C(=O)c1ccccc1-c1ccccc1C(=O)O. The molecule has 0 saturated carbocycles. The van der Waals surface area contributed by atoms with Crippen LogP contribution in [0.5, 0.6) is 0 Å². The van der Waals surface area contributed by atoms with Crippen LogP contribution in [0.4, 0.5) is 0 Å². The van der Waals surface area contributed by atoms with Crippen LogP contribution < -0.4 is 0 Å². The normalized spacial score (nSPS) is 10.6. The summed E-state index contributed by atoms with van der Waals surface area (Å²) in [5.74, 6) is -1.18. The molecule has 0 heterocycles. The van der Waals surface area contributed by atoms with Gasteiger partial charge in [0.15, 0.2) is 0 Å². The topological polar surface area (TPSA) is 76.1 Å². The zero-order valence-corrected chi connectivity index (χ0v) is 15.7. The maximum atomic E-state index is 13.2. The average molecular weight is 371 g/mol. The van der Waals surface area contributed by atoms with Crippen LogP contribution in [0.2, 0.25) is 0 Å². The highest BCUT2D eigenvalue weighted by molar-refractivity contribution is 6.04. The van der Waals surface area contributed by atoms with Crippen molar-refractivity contribution in [2.45, 2.75) is 6.42 Å². The highest BCUT2D eigenvalue weighted by Gasteiger charge is 2.21. The van der Waals surface area contributed by atoms with Crippen LogP contribution in [-0.4, -0.2) is 62.4 Å². The number of amides is 1. The molecule has 27 heavy (non-hydrogen) atoms. The Morgan fingerprint density at radius 3 is 2.00 bits per heavy atom. The number of methoxy groups -OCH3 is 2. The highest BCUT2D eigenvalue weighted by atomic mass is 16.5. The van der Waals surface area contributed by atoms with Crippen molar-refractivity contribution in [3.63, 3.8) is 0 Å². The predicted octanol–water partition coefficient (Wildman–Crippen LogP) is 3.18. The van der Waals surface area contributed by atoms with E-state index in [-0.39, 0.29) is 11.5 Å². The molecular weight excluding hydrogens is 346 g/mol. The van der Waals surface area contributed by atoms with Crippen molar-refractivity contribution < 1.29 is 24.2 Å². The van der Waals surface area contributed by atoms with Crippen LogP contribution in [0.15, 0.2) is 48.5 Å². The number of carbonyl (C=O) groups excluding carboxylic acids is 1. The molecule has 6 heteroatoms. The second-order valence-corrected chi connectivity index (χ2v) is 6.03. The fourth-order valence-corrected chi connectivity index (χ4v) is 2.90. The third-order valence-electron chi connectivity index (χ3n) is 4.23. The molecular formula is C21H25NO5. The Morgan fingerprint density at radius 1 is 0.852 bits per heavy atom. The van der Waals surface area contributed by atoms with Gasteiger partial charge in [-0.05, 0) is 29.7 Å². The van der Waals surface area contributed by atoms with Gasteiger partial charge in [-0.2, -0.15) is 0 Å². The predicted molar refractivity (Wildman–Crippen MR) is 103 cm³/mol. The van der Waals surface area contributed by atoms with E-state index in [1.54, 1.807) is 67.7 Å². The van der Waals surface area contributed by atoms with Crippen molar-refractivity contribution >= 4 is 11.9 Å². The molecule has 0 saturated heterocycles. The van der Waals surface area contributed by atoms with Crippen molar-refractivity contribution in [1.82, 2.24) is 4.90 Å². The maximum absolute atomic E-state index is 13.2. The summed E-state index contributed by atoms with van der Waals surface area (Å²) < 4.78 is 10.2. The molecule has 0 aliphatic heterocycles. The Bertz CT molecular complexity index is 775. The van der Waals surface area contributed by atoms with Gasteiger partial charge in [0.25, 0.3) is 5.91 Å². The van der Waals surface area contributed by atoms with Gasteiger partial charge in [0.05, 0.1) is 12.2 Å². The van der Waals surface area contributed by atoms with Gasteiger partial charge in [-0.25, -0.2) is 4.79 Å². The fraction of sp³-hybridized carbons (Fsp3) is 0.333. The Hall–Kier alpha value is -2.70. The number of rotatable bonds is 10. The molecule has 1 N–H and O–H groups in total. The van der Waals surface area contributed by atoms with E-state index in [4.69, 9.17) is 9.47 Å². The van der Waals surface area contributed by atoms with Gasteiger partial charge in [-0.15, -0.1) is 0 Å².